The molecule has 0 spiro atoms. The number of likely N-dealkylation sites (tertiary alicyclic amines) is 1. The maximum absolute atomic E-state index is 13.7. The van der Waals surface area contributed by atoms with Crippen molar-refractivity contribution >= 4 is 33.3 Å². The smallest absolute Gasteiger partial charge is 0.256 e. The number of aromatic nitrogens is 1. The van der Waals surface area contributed by atoms with Gasteiger partial charge in [0.2, 0.25) is 5.43 Å². The van der Waals surface area contributed by atoms with Crippen molar-refractivity contribution < 1.29 is 9.53 Å². The zero-order valence-electron chi connectivity index (χ0n) is 24.2. The summed E-state index contributed by atoms with van der Waals surface area (Å²) in [6, 6.07) is 16.6. The Morgan fingerprint density at radius 2 is 1.88 bits per heavy atom. The fourth-order valence-corrected chi connectivity index (χ4v) is 6.08. The van der Waals surface area contributed by atoms with E-state index < -0.39 is 0 Å². The summed E-state index contributed by atoms with van der Waals surface area (Å²) in [6.07, 6.45) is 6.00. The van der Waals surface area contributed by atoms with Crippen LogP contribution in [0, 0.1) is 0 Å². The van der Waals surface area contributed by atoms with E-state index >= 15 is 0 Å². The van der Waals surface area contributed by atoms with Gasteiger partial charge in [-0.15, -0.1) is 0 Å². The number of nitrogens with one attached hydrogen (secondary N) is 2. The fourth-order valence-electron chi connectivity index (χ4n) is 6.08. The molecule has 3 aromatic carbocycles. The van der Waals surface area contributed by atoms with Crippen molar-refractivity contribution in [3.63, 3.8) is 0 Å². The molecule has 4 aromatic rings. The highest BCUT2D eigenvalue weighted by Crippen LogP contribution is 2.45. The maximum atomic E-state index is 13.7. The van der Waals surface area contributed by atoms with Crippen molar-refractivity contribution in [1.82, 2.24) is 19.7 Å². The van der Waals surface area contributed by atoms with Crippen LogP contribution in [0.5, 0.6) is 11.5 Å². The Hall–Kier alpha value is -3.88. The lowest BCUT2D eigenvalue weighted by Crippen LogP contribution is -2.32. The molecular formula is C33H39N5O3. The van der Waals surface area contributed by atoms with Crippen LogP contribution < -0.4 is 20.8 Å². The van der Waals surface area contributed by atoms with E-state index in [0.29, 0.717) is 35.0 Å². The highest BCUT2D eigenvalue weighted by atomic mass is 16.5. The minimum atomic E-state index is -0.345. The number of fused-ring (bicyclic) bond motifs is 3. The Morgan fingerprint density at radius 1 is 1.07 bits per heavy atom. The van der Waals surface area contributed by atoms with Gasteiger partial charge in [0.15, 0.2) is 11.5 Å². The monoisotopic (exact) mass is 553 g/mol. The average Bonchev–Trinajstić information content (AvgIpc) is 3.37. The number of rotatable bonds is 10. The first kappa shape index (κ1) is 27.3. The lowest BCUT2D eigenvalue weighted by Gasteiger charge is -2.27. The van der Waals surface area contributed by atoms with E-state index in [1.54, 1.807) is 6.20 Å². The number of unbranched alkanes of at least 4 members (excludes halogenated alkanes) is 1. The van der Waals surface area contributed by atoms with E-state index in [1.165, 1.54) is 12.8 Å². The van der Waals surface area contributed by atoms with Crippen LogP contribution in [0.2, 0.25) is 0 Å². The topological polar surface area (TPSA) is 78.8 Å². The second-order valence-corrected chi connectivity index (χ2v) is 11.6. The minimum absolute atomic E-state index is 0.140. The van der Waals surface area contributed by atoms with E-state index in [-0.39, 0.29) is 16.9 Å². The third-order valence-electron chi connectivity index (χ3n) is 8.39. The van der Waals surface area contributed by atoms with Gasteiger partial charge in [-0.05, 0) is 94.8 Å². The molecule has 8 heteroatoms. The summed E-state index contributed by atoms with van der Waals surface area (Å²) in [5.41, 5.74) is 2.19. The molecule has 41 heavy (non-hydrogen) atoms. The number of hydrogen-bond acceptors (Lipinski definition) is 6. The number of pyridine rings is 1. The first-order valence-electron chi connectivity index (χ1n) is 14.7. The predicted octanol–water partition coefficient (Wildman–Crippen LogP) is 5.22. The molecule has 3 heterocycles. The van der Waals surface area contributed by atoms with Gasteiger partial charge in [-0.2, -0.15) is 0 Å². The molecule has 1 fully saturated rings. The van der Waals surface area contributed by atoms with Gasteiger partial charge >= 0.3 is 0 Å². The molecule has 2 aliphatic heterocycles. The Labute approximate surface area is 240 Å². The second-order valence-electron chi connectivity index (χ2n) is 11.6. The quantitative estimate of drug-likeness (QED) is 0.231. The van der Waals surface area contributed by atoms with Gasteiger partial charge in [-0.25, -0.2) is 0 Å². The van der Waals surface area contributed by atoms with Crippen LogP contribution >= 0.6 is 0 Å². The summed E-state index contributed by atoms with van der Waals surface area (Å²) in [6.45, 7) is 6.62. The van der Waals surface area contributed by atoms with E-state index in [9.17, 15) is 9.59 Å². The zero-order chi connectivity index (χ0) is 28.5. The Kier molecular flexibility index (Phi) is 7.69. The fraction of sp³-hybridized carbons (Fsp3) is 0.394. The van der Waals surface area contributed by atoms with Crippen molar-refractivity contribution in [1.29, 1.82) is 0 Å². The van der Waals surface area contributed by atoms with Crippen molar-refractivity contribution in [2.45, 2.75) is 38.6 Å². The highest BCUT2D eigenvalue weighted by molar-refractivity contribution is 6.01. The number of benzene rings is 3. The van der Waals surface area contributed by atoms with Crippen LogP contribution in [-0.4, -0.2) is 73.1 Å². The molecule has 6 rings (SSSR count). The normalized spacial score (nSPS) is 16.2. The molecule has 214 valence electrons. The van der Waals surface area contributed by atoms with Crippen LogP contribution in [0.4, 0.5) is 5.69 Å². The molecule has 2 N–H and O–H groups in total. The lowest BCUT2D eigenvalue weighted by molar-refractivity contribution is 0.0951. The van der Waals surface area contributed by atoms with Crippen LogP contribution in [0.25, 0.3) is 27.4 Å². The summed E-state index contributed by atoms with van der Waals surface area (Å²) >= 11 is 0. The molecule has 0 radical (unpaired) electrons. The molecule has 1 atom stereocenters. The van der Waals surface area contributed by atoms with Gasteiger partial charge in [-0.3, -0.25) is 14.5 Å². The number of carbonyl (C=O) groups is 1. The number of carbonyl (C=O) groups excluding carboxylic acids is 1. The van der Waals surface area contributed by atoms with Gasteiger partial charge < -0.3 is 24.8 Å². The van der Waals surface area contributed by atoms with Crippen molar-refractivity contribution in [2.24, 2.45) is 0 Å². The van der Waals surface area contributed by atoms with Crippen LogP contribution in [-0.2, 0) is 0 Å². The molecular weight excluding hydrogens is 514 g/mol. The van der Waals surface area contributed by atoms with Crippen LogP contribution in [0.3, 0.4) is 0 Å². The third kappa shape index (κ3) is 5.42. The molecule has 0 aliphatic carbocycles. The maximum Gasteiger partial charge on any atom is 0.256 e. The Morgan fingerprint density at radius 3 is 2.63 bits per heavy atom. The van der Waals surface area contributed by atoms with Gasteiger partial charge in [0, 0.05) is 31.9 Å². The van der Waals surface area contributed by atoms with Crippen molar-refractivity contribution in [2.75, 3.05) is 52.1 Å². The molecule has 1 aromatic heterocycles. The standard InChI is InChI=1S/C33H39N5O3/c1-22-9-8-17-37(22)18-15-34-27-13-12-25-30-32(27)41-29-20-24-11-5-4-10-23(24)19-28(29)38(30)21-26(31(25)39)33(40)35-14-6-7-16-36(2)3/h4-5,10-13,19-22,34H,6-9,14-18H2,1-3H3,(H,35,40). The summed E-state index contributed by atoms with van der Waals surface area (Å²) in [5, 5.41) is 9.14. The van der Waals surface area contributed by atoms with Gasteiger partial charge in [0.05, 0.1) is 16.8 Å². The third-order valence-corrected chi connectivity index (χ3v) is 8.39. The number of hydrogen-bond donors (Lipinski definition) is 2. The number of amides is 1. The van der Waals surface area contributed by atoms with Gasteiger partial charge in [0.25, 0.3) is 5.91 Å². The molecule has 1 amide bonds. The van der Waals surface area contributed by atoms with Gasteiger partial charge in [0.1, 0.15) is 11.1 Å². The molecule has 1 unspecified atom stereocenters. The van der Waals surface area contributed by atoms with Crippen molar-refractivity contribution in [3.8, 4) is 17.2 Å². The SMILES string of the molecule is CC1CCCN1CCNc1ccc2c(=O)c(C(=O)NCCCCN(C)C)cn3c2c1Oc1cc2ccccc2cc1-3. The molecule has 0 saturated carbocycles. The summed E-state index contributed by atoms with van der Waals surface area (Å²) in [5.74, 6) is 0.967. The Balaban J connectivity index is 1.38. The predicted molar refractivity (Wildman–Crippen MR) is 166 cm³/mol. The van der Waals surface area contributed by atoms with Crippen LogP contribution in [0.1, 0.15) is 43.0 Å². The van der Waals surface area contributed by atoms with E-state index in [4.69, 9.17) is 4.74 Å². The average molecular weight is 554 g/mol. The largest absolute Gasteiger partial charge is 0.451 e. The first-order valence-corrected chi connectivity index (χ1v) is 14.7. The van der Waals surface area contributed by atoms with E-state index in [1.807, 2.05) is 49.0 Å². The number of nitrogens with zero attached hydrogens (tertiary/aromatic N) is 3. The first-order chi connectivity index (χ1) is 19.9. The number of anilines is 1. The highest BCUT2D eigenvalue weighted by Gasteiger charge is 2.27. The summed E-state index contributed by atoms with van der Waals surface area (Å²) in [4.78, 5) is 31.6. The summed E-state index contributed by atoms with van der Waals surface area (Å²) < 4.78 is 8.52. The molecule has 8 nitrogen and oxygen atoms in total. The minimum Gasteiger partial charge on any atom is -0.451 e. The lowest BCUT2D eigenvalue weighted by atomic mass is 10.0. The van der Waals surface area contributed by atoms with Crippen LogP contribution in [0.15, 0.2) is 59.5 Å². The molecule has 0 bridgehead atoms. The van der Waals surface area contributed by atoms with E-state index in [2.05, 4.69) is 45.6 Å². The number of ether oxygens (including phenoxy) is 1. The second kappa shape index (κ2) is 11.5. The zero-order valence-corrected chi connectivity index (χ0v) is 24.2. The Bertz CT molecular complexity index is 1660. The molecule has 1 saturated heterocycles. The molecule has 2 aliphatic rings. The van der Waals surface area contributed by atoms with Gasteiger partial charge in [-0.1, -0.05) is 24.3 Å². The summed E-state index contributed by atoms with van der Waals surface area (Å²) in [7, 11) is 4.07. The van der Waals surface area contributed by atoms with E-state index in [0.717, 1.165) is 61.2 Å². The van der Waals surface area contributed by atoms with Crippen molar-refractivity contribution in [3.05, 3.63) is 70.5 Å².